The van der Waals surface area contributed by atoms with Gasteiger partial charge in [0.05, 0.1) is 0 Å². The number of aromatic hydroxyl groups is 1. The van der Waals surface area contributed by atoms with Crippen LogP contribution >= 0.6 is 0 Å². The lowest BCUT2D eigenvalue weighted by molar-refractivity contribution is 0.410. The molecule has 15 heavy (non-hydrogen) atoms. The second-order valence-electron chi connectivity index (χ2n) is 3.50. The van der Waals surface area contributed by atoms with Crippen molar-refractivity contribution in [3.05, 3.63) is 29.3 Å². The number of hydrogen-bond donors (Lipinski definition) is 2. The highest BCUT2D eigenvalue weighted by Crippen LogP contribution is 2.27. The van der Waals surface area contributed by atoms with Crippen LogP contribution < -0.4 is 5.32 Å². The quantitative estimate of drug-likeness (QED) is 0.809. The molecule has 0 aliphatic rings. The average Bonchev–Trinajstić information content (AvgIpc) is 2.19. The average molecular weight is 215 g/mol. The predicted octanol–water partition coefficient (Wildman–Crippen LogP) is 2.73. The molecule has 0 amide bonds. The number of hydrogen-bond acceptors (Lipinski definition) is 2. The Bertz CT molecular complexity index is 342. The lowest BCUT2D eigenvalue weighted by atomic mass is 10.1. The third-order valence-electron chi connectivity index (χ3n) is 2.22. The van der Waals surface area contributed by atoms with Crippen LogP contribution in [-0.4, -0.2) is 11.7 Å². The minimum atomic E-state index is -0.921. The van der Waals surface area contributed by atoms with Gasteiger partial charge in [-0.3, -0.25) is 0 Å². The zero-order chi connectivity index (χ0) is 11.4. The molecule has 0 spiro atoms. The van der Waals surface area contributed by atoms with Gasteiger partial charge in [-0.25, -0.2) is 8.78 Å². The lowest BCUT2D eigenvalue weighted by Gasteiger charge is -2.15. The Balaban J connectivity index is 2.92. The first-order chi connectivity index (χ1) is 7.06. The van der Waals surface area contributed by atoms with Crippen molar-refractivity contribution in [1.29, 1.82) is 0 Å². The zero-order valence-corrected chi connectivity index (χ0v) is 8.85. The first kappa shape index (κ1) is 11.9. The zero-order valence-electron chi connectivity index (χ0n) is 8.85. The molecule has 0 radical (unpaired) electrons. The summed E-state index contributed by atoms with van der Waals surface area (Å²) in [4.78, 5) is 0. The third-order valence-corrected chi connectivity index (χ3v) is 2.22. The predicted molar refractivity (Wildman–Crippen MR) is 54.7 cm³/mol. The van der Waals surface area contributed by atoms with Crippen LogP contribution in [0, 0.1) is 11.6 Å². The Morgan fingerprint density at radius 3 is 2.67 bits per heavy atom. The van der Waals surface area contributed by atoms with E-state index in [0.29, 0.717) is 6.07 Å². The van der Waals surface area contributed by atoms with E-state index >= 15 is 0 Å². The van der Waals surface area contributed by atoms with Crippen LogP contribution in [0.5, 0.6) is 5.75 Å². The normalized spacial score (nSPS) is 12.8. The summed E-state index contributed by atoms with van der Waals surface area (Å²) >= 11 is 0. The molecule has 0 fully saturated rings. The molecule has 84 valence electrons. The number of halogens is 2. The number of nitrogens with one attached hydrogen (secondary N) is 1. The van der Waals surface area contributed by atoms with Gasteiger partial charge in [-0.05, 0) is 26.0 Å². The van der Waals surface area contributed by atoms with Crippen LogP contribution in [0.25, 0.3) is 0 Å². The van der Waals surface area contributed by atoms with Crippen LogP contribution in [-0.2, 0) is 0 Å². The standard InChI is InChI=1S/C11H15F2NO/c1-3-4-14-7(2)9-5-8(12)6-10(13)11(9)15/h5-7,14-15H,3-4H2,1-2H3. The SMILES string of the molecule is CCCNC(C)c1cc(F)cc(F)c1O. The summed E-state index contributed by atoms with van der Waals surface area (Å²) in [5.74, 6) is -2.08. The maximum atomic E-state index is 13.0. The smallest absolute Gasteiger partial charge is 0.168 e. The van der Waals surface area contributed by atoms with E-state index in [1.807, 2.05) is 6.92 Å². The largest absolute Gasteiger partial charge is 0.505 e. The molecule has 1 unspecified atom stereocenters. The van der Waals surface area contributed by atoms with Crippen LogP contribution in [0.15, 0.2) is 12.1 Å². The van der Waals surface area contributed by atoms with E-state index < -0.39 is 17.4 Å². The van der Waals surface area contributed by atoms with E-state index in [9.17, 15) is 13.9 Å². The summed E-state index contributed by atoms with van der Waals surface area (Å²) in [6, 6.07) is 1.55. The fourth-order valence-electron chi connectivity index (χ4n) is 1.39. The van der Waals surface area contributed by atoms with Crippen LogP contribution in [0.2, 0.25) is 0 Å². The van der Waals surface area contributed by atoms with Gasteiger partial charge in [-0.1, -0.05) is 6.92 Å². The highest BCUT2D eigenvalue weighted by Gasteiger charge is 2.14. The molecule has 1 aromatic carbocycles. The van der Waals surface area contributed by atoms with Gasteiger partial charge < -0.3 is 10.4 Å². The molecular formula is C11H15F2NO. The van der Waals surface area contributed by atoms with Crippen molar-refractivity contribution in [2.24, 2.45) is 0 Å². The summed E-state index contributed by atoms with van der Waals surface area (Å²) in [5, 5.41) is 12.5. The summed E-state index contributed by atoms with van der Waals surface area (Å²) in [6.45, 7) is 4.48. The molecule has 1 atom stereocenters. The van der Waals surface area contributed by atoms with Gasteiger partial charge >= 0.3 is 0 Å². The van der Waals surface area contributed by atoms with Crippen molar-refractivity contribution in [1.82, 2.24) is 5.32 Å². The fourth-order valence-corrected chi connectivity index (χ4v) is 1.39. The van der Waals surface area contributed by atoms with Crippen LogP contribution in [0.1, 0.15) is 31.9 Å². The lowest BCUT2D eigenvalue weighted by Crippen LogP contribution is -2.19. The fraction of sp³-hybridized carbons (Fsp3) is 0.455. The molecule has 0 aliphatic heterocycles. The number of phenolic OH excluding ortho intramolecular Hbond substituents is 1. The van der Waals surface area contributed by atoms with Crippen LogP contribution in [0.4, 0.5) is 8.78 Å². The Morgan fingerprint density at radius 1 is 1.40 bits per heavy atom. The Labute approximate surface area is 87.9 Å². The first-order valence-electron chi connectivity index (χ1n) is 4.97. The van der Waals surface area contributed by atoms with Crippen molar-refractivity contribution in [3.63, 3.8) is 0 Å². The van der Waals surface area contributed by atoms with Gasteiger partial charge in [0.15, 0.2) is 11.6 Å². The number of benzene rings is 1. The topological polar surface area (TPSA) is 32.3 Å². The molecule has 4 heteroatoms. The van der Waals surface area contributed by atoms with Crippen molar-refractivity contribution >= 4 is 0 Å². The maximum Gasteiger partial charge on any atom is 0.168 e. The highest BCUT2D eigenvalue weighted by atomic mass is 19.1. The number of rotatable bonds is 4. The molecule has 2 nitrogen and oxygen atoms in total. The van der Waals surface area contributed by atoms with E-state index in [0.717, 1.165) is 19.0 Å². The minimum absolute atomic E-state index is 0.251. The molecular weight excluding hydrogens is 200 g/mol. The molecule has 0 aromatic heterocycles. The van der Waals surface area contributed by atoms with E-state index in [-0.39, 0.29) is 11.6 Å². The summed E-state index contributed by atoms with van der Waals surface area (Å²) in [5.41, 5.74) is 0.251. The van der Waals surface area contributed by atoms with Gasteiger partial charge in [-0.2, -0.15) is 0 Å². The Morgan fingerprint density at radius 2 is 2.07 bits per heavy atom. The number of phenols is 1. The van der Waals surface area contributed by atoms with Crippen molar-refractivity contribution in [3.8, 4) is 5.75 Å². The third kappa shape index (κ3) is 2.89. The monoisotopic (exact) mass is 215 g/mol. The van der Waals surface area contributed by atoms with Gasteiger partial charge in [0.2, 0.25) is 0 Å². The summed E-state index contributed by atoms with van der Waals surface area (Å²) < 4.78 is 25.9. The summed E-state index contributed by atoms with van der Waals surface area (Å²) in [7, 11) is 0. The molecule has 0 aliphatic carbocycles. The van der Waals surface area contributed by atoms with E-state index in [4.69, 9.17) is 0 Å². The Hall–Kier alpha value is -1.16. The molecule has 2 N–H and O–H groups in total. The summed E-state index contributed by atoms with van der Waals surface area (Å²) in [6.07, 6.45) is 0.920. The molecule has 0 saturated carbocycles. The van der Waals surface area contributed by atoms with Gasteiger partial charge in [0, 0.05) is 17.7 Å². The van der Waals surface area contributed by atoms with Crippen molar-refractivity contribution in [2.75, 3.05) is 6.54 Å². The molecule has 1 rings (SSSR count). The minimum Gasteiger partial charge on any atom is -0.505 e. The van der Waals surface area contributed by atoms with Gasteiger partial charge in [0.25, 0.3) is 0 Å². The van der Waals surface area contributed by atoms with Crippen molar-refractivity contribution < 1.29 is 13.9 Å². The second-order valence-corrected chi connectivity index (χ2v) is 3.50. The maximum absolute atomic E-state index is 13.0. The van der Waals surface area contributed by atoms with E-state index in [1.165, 1.54) is 0 Å². The molecule has 0 saturated heterocycles. The molecule has 1 aromatic rings. The van der Waals surface area contributed by atoms with Crippen LogP contribution in [0.3, 0.4) is 0 Å². The molecule has 0 bridgehead atoms. The van der Waals surface area contributed by atoms with E-state index in [2.05, 4.69) is 5.32 Å². The van der Waals surface area contributed by atoms with Crippen molar-refractivity contribution in [2.45, 2.75) is 26.3 Å². The molecule has 0 heterocycles. The van der Waals surface area contributed by atoms with Gasteiger partial charge in [-0.15, -0.1) is 0 Å². The second kappa shape index (κ2) is 5.07. The highest BCUT2D eigenvalue weighted by molar-refractivity contribution is 5.36. The van der Waals surface area contributed by atoms with E-state index in [1.54, 1.807) is 6.92 Å². The Kier molecular flexibility index (Phi) is 4.03. The van der Waals surface area contributed by atoms with Gasteiger partial charge in [0.1, 0.15) is 5.82 Å². The first-order valence-corrected chi connectivity index (χ1v) is 4.97.